The summed E-state index contributed by atoms with van der Waals surface area (Å²) in [6.07, 6.45) is 0. The van der Waals surface area contributed by atoms with Crippen LogP contribution in [-0.2, 0) is 4.46 Å². The number of hydrogen-bond acceptors (Lipinski definition) is 3. The van der Waals surface area contributed by atoms with E-state index >= 15 is 0 Å². The van der Waals surface area contributed by atoms with Crippen molar-refractivity contribution in [2.75, 3.05) is 6.54 Å². The third-order valence-corrected chi connectivity index (χ3v) is 2.62. The van der Waals surface area contributed by atoms with Crippen LogP contribution in [0.25, 0.3) is 0 Å². The summed E-state index contributed by atoms with van der Waals surface area (Å²) in [6.45, 7) is 10.5. The highest BCUT2D eigenvalue weighted by Gasteiger charge is 2.08. The Labute approximate surface area is 82.3 Å². The van der Waals surface area contributed by atoms with Crippen molar-refractivity contribution in [2.45, 2.75) is 46.3 Å². The van der Waals surface area contributed by atoms with Gasteiger partial charge in [-0.25, -0.2) is 0 Å². The Kier molecular flexibility index (Phi) is 5.99. The Balaban J connectivity index is 4.19. The van der Waals surface area contributed by atoms with Crippen LogP contribution in [0.2, 0.25) is 6.55 Å². The van der Waals surface area contributed by atoms with E-state index in [-0.39, 0.29) is 6.04 Å². The molecule has 0 heterocycles. The van der Waals surface area contributed by atoms with Crippen molar-refractivity contribution in [1.29, 1.82) is 0 Å². The molecule has 0 aromatic heterocycles. The summed E-state index contributed by atoms with van der Waals surface area (Å²) in [6, 6.07) is 0.650. The molecule has 0 radical (unpaired) electrons. The van der Waals surface area contributed by atoms with Crippen LogP contribution in [0.15, 0.2) is 4.99 Å². The van der Waals surface area contributed by atoms with Crippen molar-refractivity contribution < 1.29 is 4.46 Å². The van der Waals surface area contributed by atoms with Gasteiger partial charge in [0, 0.05) is 18.6 Å². The monoisotopic (exact) mass is 200 g/mol. The Morgan fingerprint density at radius 3 is 2.23 bits per heavy atom. The van der Waals surface area contributed by atoms with Gasteiger partial charge in [0.05, 0.1) is 5.33 Å². The number of hydrogen-bond donors (Lipinski definition) is 1. The average molecular weight is 200 g/mol. The van der Waals surface area contributed by atoms with Crippen molar-refractivity contribution >= 4 is 14.0 Å². The minimum atomic E-state index is -1.63. The van der Waals surface area contributed by atoms with Gasteiger partial charge in [-0.3, -0.25) is 4.99 Å². The number of rotatable bonds is 5. The normalized spacial score (nSPS) is 12.7. The maximum Gasteiger partial charge on any atom is 0.324 e. The molecule has 0 rings (SSSR count). The van der Waals surface area contributed by atoms with Crippen LogP contribution in [0.1, 0.15) is 27.7 Å². The molecule has 0 aliphatic heterocycles. The second-order valence-corrected chi connectivity index (χ2v) is 5.45. The second kappa shape index (κ2) is 6.15. The topological polar surface area (TPSA) is 41.5 Å². The van der Waals surface area contributed by atoms with E-state index in [1.807, 2.05) is 13.8 Å². The van der Waals surface area contributed by atoms with Crippen molar-refractivity contribution in [1.82, 2.24) is 5.32 Å². The van der Waals surface area contributed by atoms with E-state index in [4.69, 9.17) is 0 Å². The molecule has 0 bridgehead atoms. The highest BCUT2D eigenvalue weighted by atomic mass is 28.3. The predicted octanol–water partition coefficient (Wildman–Crippen LogP) is 1.42. The minimum absolute atomic E-state index is 0.234. The molecule has 0 aromatic rings. The van der Waals surface area contributed by atoms with Gasteiger partial charge >= 0.3 is 8.68 Å². The quantitative estimate of drug-likeness (QED) is 0.539. The van der Waals surface area contributed by atoms with Crippen molar-refractivity contribution in [3.8, 4) is 0 Å². The largest absolute Gasteiger partial charge is 0.381 e. The Morgan fingerprint density at radius 2 is 1.92 bits per heavy atom. The van der Waals surface area contributed by atoms with Gasteiger partial charge in [0.25, 0.3) is 0 Å². The van der Waals surface area contributed by atoms with Crippen LogP contribution >= 0.6 is 0 Å². The van der Waals surface area contributed by atoms with E-state index in [1.165, 1.54) is 0 Å². The zero-order valence-corrected chi connectivity index (χ0v) is 10.2. The lowest BCUT2D eigenvalue weighted by Crippen LogP contribution is -2.33. The van der Waals surface area contributed by atoms with Crippen LogP contribution in [0, 0.1) is 0 Å². The molecule has 0 fully saturated rings. The first-order valence-electron chi connectivity index (χ1n) is 4.74. The number of nitrogens with zero attached hydrogens (tertiary/aromatic N) is 1. The van der Waals surface area contributed by atoms with Gasteiger partial charge in [-0.1, -0.05) is 13.8 Å². The van der Waals surface area contributed by atoms with Crippen LogP contribution in [0.4, 0.5) is 0 Å². The zero-order chi connectivity index (χ0) is 10.4. The van der Waals surface area contributed by atoms with Gasteiger partial charge in [-0.15, -0.1) is 0 Å². The third-order valence-electron chi connectivity index (χ3n) is 1.50. The zero-order valence-electron chi connectivity index (χ0n) is 9.22. The fourth-order valence-electron chi connectivity index (χ4n) is 0.873. The Bertz CT molecular complexity index is 200. The van der Waals surface area contributed by atoms with E-state index < -0.39 is 8.68 Å². The standard InChI is InChI=1S/C9H20N2OSi/c1-7(2)10-6-9(13(5)12)11-8(3)4/h7-8,10H,6H2,1-5H3. The number of nitrogens with one attached hydrogen (secondary N) is 1. The molecule has 0 unspecified atom stereocenters. The lowest BCUT2D eigenvalue weighted by molar-refractivity contribution is 0.571. The molecule has 1 N–H and O–H groups in total. The molecular weight excluding hydrogens is 180 g/mol. The first-order chi connectivity index (χ1) is 5.93. The van der Waals surface area contributed by atoms with Crippen molar-refractivity contribution in [3.63, 3.8) is 0 Å². The second-order valence-electron chi connectivity index (χ2n) is 3.76. The summed E-state index contributed by atoms with van der Waals surface area (Å²) < 4.78 is 11.3. The lowest BCUT2D eigenvalue weighted by atomic mass is 10.4. The third kappa shape index (κ3) is 6.78. The van der Waals surface area contributed by atoms with E-state index in [1.54, 1.807) is 6.55 Å². The summed E-state index contributed by atoms with van der Waals surface area (Å²) in [7, 11) is -1.63. The van der Waals surface area contributed by atoms with E-state index in [9.17, 15) is 4.46 Å². The molecule has 0 spiro atoms. The fourth-order valence-corrected chi connectivity index (χ4v) is 1.66. The molecule has 0 aromatic carbocycles. The maximum absolute atomic E-state index is 11.3. The summed E-state index contributed by atoms with van der Waals surface area (Å²) in [5.41, 5.74) is 0. The summed E-state index contributed by atoms with van der Waals surface area (Å²) in [5.74, 6) is 0. The van der Waals surface area contributed by atoms with Gasteiger partial charge in [0.1, 0.15) is 0 Å². The van der Waals surface area contributed by atoms with Crippen LogP contribution in [0.5, 0.6) is 0 Å². The van der Waals surface area contributed by atoms with Crippen molar-refractivity contribution in [2.24, 2.45) is 4.99 Å². The van der Waals surface area contributed by atoms with Gasteiger partial charge in [0.15, 0.2) is 0 Å². The Hall–Kier alpha value is -0.353. The molecular formula is C9H20N2OSi. The average Bonchev–Trinajstić information content (AvgIpc) is 1.96. The predicted molar refractivity (Wildman–Crippen MR) is 58.0 cm³/mol. The smallest absolute Gasteiger partial charge is 0.324 e. The molecule has 0 amide bonds. The summed E-state index contributed by atoms with van der Waals surface area (Å²) in [4.78, 5) is 4.34. The minimum Gasteiger partial charge on any atom is -0.381 e. The van der Waals surface area contributed by atoms with Gasteiger partial charge in [-0.05, 0) is 20.4 Å². The van der Waals surface area contributed by atoms with E-state index in [0.29, 0.717) is 12.6 Å². The summed E-state index contributed by atoms with van der Waals surface area (Å²) in [5, 5.41) is 4.05. The van der Waals surface area contributed by atoms with E-state index in [0.717, 1.165) is 5.33 Å². The van der Waals surface area contributed by atoms with Gasteiger partial charge < -0.3 is 9.78 Å². The first kappa shape index (κ1) is 12.6. The molecule has 0 aliphatic rings. The molecule has 0 aliphatic carbocycles. The summed E-state index contributed by atoms with van der Waals surface area (Å²) >= 11 is 0. The molecule has 13 heavy (non-hydrogen) atoms. The highest BCUT2D eigenvalue weighted by Crippen LogP contribution is 1.90. The van der Waals surface area contributed by atoms with Crippen LogP contribution in [0.3, 0.4) is 0 Å². The first-order valence-corrected chi connectivity index (χ1v) is 6.65. The lowest BCUT2D eigenvalue weighted by Gasteiger charge is -2.09. The SMILES string of the molecule is CC(C)N=C(CNC(C)C)[Si](C)=O. The van der Waals surface area contributed by atoms with Gasteiger partial charge in [-0.2, -0.15) is 0 Å². The molecule has 0 saturated heterocycles. The highest BCUT2D eigenvalue weighted by molar-refractivity contribution is 6.79. The number of aliphatic imine (C=N–C) groups is 1. The fraction of sp³-hybridized carbons (Fsp3) is 0.889. The van der Waals surface area contributed by atoms with Gasteiger partial charge in [0.2, 0.25) is 0 Å². The Morgan fingerprint density at radius 1 is 1.38 bits per heavy atom. The van der Waals surface area contributed by atoms with Crippen LogP contribution in [-0.4, -0.2) is 32.6 Å². The molecule has 4 heteroatoms. The molecule has 3 nitrogen and oxygen atoms in total. The molecule has 0 atom stereocenters. The van der Waals surface area contributed by atoms with Crippen LogP contribution < -0.4 is 5.32 Å². The van der Waals surface area contributed by atoms with Crippen molar-refractivity contribution in [3.05, 3.63) is 0 Å². The molecule has 0 saturated carbocycles. The van der Waals surface area contributed by atoms with E-state index in [2.05, 4.69) is 24.2 Å². The molecule has 76 valence electrons. The maximum atomic E-state index is 11.3.